The number of hydrogen-bond acceptors (Lipinski definition) is 3. The normalized spacial score (nSPS) is 10.0. The lowest BCUT2D eigenvalue weighted by atomic mass is 10.3. The quantitative estimate of drug-likeness (QED) is 0.666. The van der Waals surface area contributed by atoms with Gasteiger partial charge in [-0.2, -0.15) is 0 Å². The van der Waals surface area contributed by atoms with E-state index in [2.05, 4.69) is 23.3 Å². The maximum atomic E-state index is 8.67. The molecule has 0 unspecified atom stereocenters. The van der Waals surface area contributed by atoms with E-state index < -0.39 is 0 Å². The van der Waals surface area contributed by atoms with Crippen molar-refractivity contribution in [2.75, 3.05) is 6.61 Å². The zero-order valence-corrected chi connectivity index (χ0v) is 12.6. The van der Waals surface area contributed by atoms with Crippen LogP contribution in [-0.2, 0) is 5.75 Å². The minimum absolute atomic E-state index is 0.121. The van der Waals surface area contributed by atoms with Crippen LogP contribution in [0.25, 0.3) is 0 Å². The van der Waals surface area contributed by atoms with E-state index in [1.54, 1.807) is 23.1 Å². The Morgan fingerprint density at radius 1 is 1.26 bits per heavy atom. The first-order valence-electron chi connectivity index (χ1n) is 5.83. The molecule has 1 heterocycles. The predicted molar refractivity (Wildman–Crippen MR) is 83.9 cm³/mol. The molecule has 0 fully saturated rings. The molecule has 1 nitrogen and oxygen atoms in total. The van der Waals surface area contributed by atoms with Crippen LogP contribution in [0.2, 0.25) is 5.02 Å². The Morgan fingerprint density at radius 3 is 2.79 bits per heavy atom. The zero-order valence-electron chi connectivity index (χ0n) is 10.2. The van der Waals surface area contributed by atoms with Crippen molar-refractivity contribution in [1.82, 2.24) is 0 Å². The van der Waals surface area contributed by atoms with E-state index in [1.165, 1.54) is 9.77 Å². The number of rotatable bonds is 4. The van der Waals surface area contributed by atoms with Crippen molar-refractivity contribution >= 4 is 34.7 Å². The molecule has 0 saturated carbocycles. The smallest absolute Gasteiger partial charge is 0.0540 e. The minimum Gasteiger partial charge on any atom is -0.395 e. The summed E-state index contributed by atoms with van der Waals surface area (Å²) in [7, 11) is 0. The third kappa shape index (κ3) is 4.93. The second-order valence-corrected chi connectivity index (χ2v) is 6.30. The van der Waals surface area contributed by atoms with Crippen LogP contribution in [-0.4, -0.2) is 11.7 Å². The molecule has 98 valence electrons. The highest BCUT2D eigenvalue weighted by Gasteiger charge is 2.00. The van der Waals surface area contributed by atoms with Crippen molar-refractivity contribution in [3.05, 3.63) is 51.2 Å². The first-order chi connectivity index (χ1) is 9.28. The van der Waals surface area contributed by atoms with Crippen molar-refractivity contribution < 1.29 is 5.11 Å². The number of thiophene rings is 1. The summed E-state index contributed by atoms with van der Waals surface area (Å²) < 4.78 is 0. The van der Waals surface area contributed by atoms with Crippen molar-refractivity contribution in [3.63, 3.8) is 0 Å². The van der Waals surface area contributed by atoms with Gasteiger partial charge in [-0.15, -0.1) is 23.1 Å². The van der Waals surface area contributed by atoms with E-state index in [0.29, 0.717) is 6.42 Å². The lowest BCUT2D eigenvalue weighted by Gasteiger charge is -1.99. The molecule has 0 saturated heterocycles. The van der Waals surface area contributed by atoms with Crippen molar-refractivity contribution in [3.8, 4) is 11.8 Å². The number of halogens is 1. The molecular formula is C15H13ClOS2. The van der Waals surface area contributed by atoms with E-state index in [0.717, 1.165) is 16.3 Å². The monoisotopic (exact) mass is 308 g/mol. The highest BCUT2D eigenvalue weighted by atomic mass is 35.5. The van der Waals surface area contributed by atoms with E-state index >= 15 is 0 Å². The molecule has 1 aromatic carbocycles. The van der Waals surface area contributed by atoms with Gasteiger partial charge in [-0.05, 0) is 30.3 Å². The molecule has 0 bridgehead atoms. The first-order valence-corrected chi connectivity index (χ1v) is 8.08. The number of hydrogen-bond donors (Lipinski definition) is 1. The SMILES string of the molecule is OCCC#Cc1csc(CSc2ccc(Cl)cc2)c1. The lowest BCUT2D eigenvalue weighted by molar-refractivity contribution is 0.305. The molecule has 0 atom stereocenters. The Bertz CT molecular complexity index is 578. The second kappa shape index (κ2) is 7.62. The standard InChI is InChI=1S/C15H13ClOS2/c16-13-4-6-14(7-5-13)19-11-15-9-12(10-18-15)3-1-2-8-17/h4-7,9-10,17H,2,8,11H2. The van der Waals surface area contributed by atoms with E-state index in [9.17, 15) is 0 Å². The molecule has 2 rings (SSSR count). The Balaban J connectivity index is 1.90. The molecule has 0 spiro atoms. The fraction of sp³-hybridized carbons (Fsp3) is 0.200. The predicted octanol–water partition coefficient (Wildman–Crippen LogP) is 4.43. The van der Waals surface area contributed by atoms with Crippen LogP contribution < -0.4 is 0 Å². The van der Waals surface area contributed by atoms with Gasteiger partial charge >= 0.3 is 0 Å². The highest BCUT2D eigenvalue weighted by molar-refractivity contribution is 7.98. The number of thioether (sulfide) groups is 1. The molecule has 1 aromatic heterocycles. The summed E-state index contributed by atoms with van der Waals surface area (Å²) in [5, 5.41) is 11.5. The maximum absolute atomic E-state index is 8.67. The van der Waals surface area contributed by atoms with Gasteiger partial charge in [0.05, 0.1) is 6.61 Å². The largest absolute Gasteiger partial charge is 0.395 e. The molecule has 0 aliphatic rings. The molecular weight excluding hydrogens is 296 g/mol. The number of aliphatic hydroxyl groups excluding tert-OH is 1. The Kier molecular flexibility index (Phi) is 5.81. The summed E-state index contributed by atoms with van der Waals surface area (Å²) >= 11 is 9.36. The molecule has 4 heteroatoms. The van der Waals surface area contributed by atoms with Gasteiger partial charge in [-0.3, -0.25) is 0 Å². The molecule has 1 N–H and O–H groups in total. The Hall–Kier alpha value is -0.920. The third-order valence-corrected chi connectivity index (χ3v) is 4.75. The average molecular weight is 309 g/mol. The minimum atomic E-state index is 0.121. The van der Waals surface area contributed by atoms with Crippen LogP contribution in [0.15, 0.2) is 40.6 Å². The lowest BCUT2D eigenvalue weighted by Crippen LogP contribution is -1.76. The summed E-state index contributed by atoms with van der Waals surface area (Å²) in [5.74, 6) is 6.91. The summed E-state index contributed by atoms with van der Waals surface area (Å²) in [6.45, 7) is 0.121. The second-order valence-electron chi connectivity index (χ2n) is 3.82. The first kappa shape index (κ1) is 14.5. The van der Waals surface area contributed by atoms with Gasteiger partial charge in [-0.25, -0.2) is 0 Å². The van der Waals surface area contributed by atoms with Crippen molar-refractivity contribution in [2.45, 2.75) is 17.1 Å². The molecule has 0 amide bonds. The van der Waals surface area contributed by atoms with Crippen LogP contribution in [0, 0.1) is 11.8 Å². The highest BCUT2D eigenvalue weighted by Crippen LogP contribution is 2.27. The topological polar surface area (TPSA) is 20.2 Å². The summed E-state index contributed by atoms with van der Waals surface area (Å²) in [6.07, 6.45) is 0.532. The van der Waals surface area contributed by atoms with E-state index in [4.69, 9.17) is 16.7 Å². The van der Waals surface area contributed by atoms with Crippen LogP contribution in [0.1, 0.15) is 16.9 Å². The van der Waals surface area contributed by atoms with Crippen LogP contribution in [0.4, 0.5) is 0 Å². The van der Waals surface area contributed by atoms with Gasteiger partial charge in [0.15, 0.2) is 0 Å². The number of aliphatic hydroxyl groups is 1. The average Bonchev–Trinajstić information content (AvgIpc) is 2.86. The maximum Gasteiger partial charge on any atom is 0.0540 e. The fourth-order valence-corrected chi connectivity index (χ4v) is 3.32. The van der Waals surface area contributed by atoms with Gasteiger partial charge in [0.25, 0.3) is 0 Å². The van der Waals surface area contributed by atoms with Crippen molar-refractivity contribution in [1.29, 1.82) is 0 Å². The molecule has 0 aliphatic carbocycles. The van der Waals surface area contributed by atoms with E-state index in [1.807, 2.05) is 24.3 Å². The van der Waals surface area contributed by atoms with Gasteiger partial charge in [0.2, 0.25) is 0 Å². The Labute approximate surface area is 126 Å². The van der Waals surface area contributed by atoms with Crippen molar-refractivity contribution in [2.24, 2.45) is 0 Å². The van der Waals surface area contributed by atoms with Crippen LogP contribution >= 0.6 is 34.7 Å². The fourth-order valence-electron chi connectivity index (χ4n) is 1.43. The summed E-state index contributed by atoms with van der Waals surface area (Å²) in [5.41, 5.74) is 1.03. The zero-order chi connectivity index (χ0) is 13.5. The molecule has 0 radical (unpaired) electrons. The van der Waals surface area contributed by atoms with Crippen LogP contribution in [0.3, 0.4) is 0 Å². The van der Waals surface area contributed by atoms with E-state index in [-0.39, 0.29) is 6.61 Å². The molecule has 19 heavy (non-hydrogen) atoms. The molecule has 2 aromatic rings. The summed E-state index contributed by atoms with van der Waals surface area (Å²) in [6, 6.07) is 9.98. The van der Waals surface area contributed by atoms with Gasteiger partial charge in [-0.1, -0.05) is 23.4 Å². The number of benzene rings is 1. The van der Waals surface area contributed by atoms with Gasteiger partial charge < -0.3 is 5.11 Å². The molecule has 0 aliphatic heterocycles. The third-order valence-electron chi connectivity index (χ3n) is 2.32. The Morgan fingerprint density at radius 2 is 2.05 bits per heavy atom. The van der Waals surface area contributed by atoms with Gasteiger partial charge in [0, 0.05) is 37.9 Å². The van der Waals surface area contributed by atoms with Gasteiger partial charge in [0.1, 0.15) is 0 Å². The summed E-state index contributed by atoms with van der Waals surface area (Å²) in [4.78, 5) is 2.51. The van der Waals surface area contributed by atoms with Crippen LogP contribution in [0.5, 0.6) is 0 Å².